The molecule has 0 spiro atoms. The van der Waals surface area contributed by atoms with E-state index >= 15 is 0 Å². The Labute approximate surface area is 102 Å². The number of aliphatic hydroxyl groups is 1. The molecule has 0 unspecified atom stereocenters. The molecule has 0 radical (unpaired) electrons. The minimum Gasteiger partial charge on any atom is -0.493 e. The van der Waals surface area contributed by atoms with Crippen LogP contribution in [0.15, 0.2) is 18.2 Å². The van der Waals surface area contributed by atoms with Crippen LogP contribution in [0.4, 0.5) is 13.2 Å². The van der Waals surface area contributed by atoms with Gasteiger partial charge in [-0.25, -0.2) is 0 Å². The fourth-order valence-electron chi connectivity index (χ4n) is 1.34. The molecule has 4 nitrogen and oxygen atoms in total. The zero-order chi connectivity index (χ0) is 13.8. The number of hydrogen-bond acceptors (Lipinski definition) is 3. The van der Waals surface area contributed by atoms with E-state index in [1.165, 1.54) is 0 Å². The van der Waals surface area contributed by atoms with Gasteiger partial charge in [0, 0.05) is 18.6 Å². The predicted octanol–water partition coefficient (Wildman–Crippen LogP) is 1.75. The summed E-state index contributed by atoms with van der Waals surface area (Å²) in [7, 11) is 0. The van der Waals surface area contributed by atoms with Gasteiger partial charge in [-0.3, -0.25) is 5.41 Å². The number of hydrogen-bond donors (Lipinski definition) is 3. The molecule has 1 aromatic rings. The van der Waals surface area contributed by atoms with Crippen LogP contribution in [-0.4, -0.2) is 24.2 Å². The van der Waals surface area contributed by atoms with Gasteiger partial charge in [-0.05, 0) is 18.2 Å². The first-order valence-corrected chi connectivity index (χ1v) is 5.15. The molecule has 0 amide bonds. The van der Waals surface area contributed by atoms with Crippen molar-refractivity contribution in [2.24, 2.45) is 5.73 Å². The number of nitrogens with one attached hydrogen (secondary N) is 1. The Balaban J connectivity index is 3.01. The minimum absolute atomic E-state index is 0.0692. The van der Waals surface area contributed by atoms with Crippen molar-refractivity contribution in [3.63, 3.8) is 0 Å². The summed E-state index contributed by atoms with van der Waals surface area (Å²) < 4.78 is 43.0. The highest BCUT2D eigenvalue weighted by Crippen LogP contribution is 2.33. The van der Waals surface area contributed by atoms with Crippen LogP contribution in [0.3, 0.4) is 0 Å². The van der Waals surface area contributed by atoms with Gasteiger partial charge in [-0.2, -0.15) is 13.2 Å². The Morgan fingerprint density at radius 1 is 1.39 bits per heavy atom. The summed E-state index contributed by atoms with van der Waals surface area (Å²) in [5, 5.41) is 15.7. The lowest BCUT2D eigenvalue weighted by Gasteiger charge is -2.13. The first-order valence-electron chi connectivity index (χ1n) is 5.15. The van der Waals surface area contributed by atoms with E-state index in [1.807, 2.05) is 0 Å². The zero-order valence-corrected chi connectivity index (χ0v) is 9.42. The van der Waals surface area contributed by atoms with E-state index in [1.54, 1.807) is 0 Å². The van der Waals surface area contributed by atoms with Crippen molar-refractivity contribution in [3.8, 4) is 5.75 Å². The third-order valence-electron chi connectivity index (χ3n) is 2.16. The highest BCUT2D eigenvalue weighted by atomic mass is 19.4. The lowest BCUT2D eigenvalue weighted by atomic mass is 10.1. The first-order chi connectivity index (χ1) is 8.36. The SMILES string of the molecule is N=C(N)c1cc(OCCCO)ccc1C(F)(F)F. The number of benzene rings is 1. The standard InChI is InChI=1S/C11H13F3N2O2/c12-11(13,14)9-3-2-7(18-5-1-4-17)6-8(9)10(15)16/h2-3,6,17H,1,4-5H2,(H3,15,16). The topological polar surface area (TPSA) is 79.3 Å². The molecule has 0 saturated carbocycles. The van der Waals surface area contributed by atoms with E-state index in [2.05, 4.69) is 0 Å². The Kier molecular flexibility index (Phi) is 4.55. The summed E-state index contributed by atoms with van der Waals surface area (Å²) in [4.78, 5) is 0. The number of nitrogens with two attached hydrogens (primary N) is 1. The largest absolute Gasteiger partial charge is 0.493 e. The predicted molar refractivity (Wildman–Crippen MR) is 59.7 cm³/mol. The summed E-state index contributed by atoms with van der Waals surface area (Å²) in [6.45, 7) is 0.111. The molecule has 18 heavy (non-hydrogen) atoms. The summed E-state index contributed by atoms with van der Waals surface area (Å²) in [5.41, 5.74) is 3.74. The average molecular weight is 262 g/mol. The van der Waals surface area contributed by atoms with Crippen LogP contribution in [0.5, 0.6) is 5.75 Å². The van der Waals surface area contributed by atoms with Crippen molar-refractivity contribution in [2.75, 3.05) is 13.2 Å². The molecule has 0 aliphatic carbocycles. The number of amidine groups is 1. The zero-order valence-electron chi connectivity index (χ0n) is 9.42. The van der Waals surface area contributed by atoms with Crippen LogP contribution in [0.2, 0.25) is 0 Å². The van der Waals surface area contributed by atoms with Crippen molar-refractivity contribution in [2.45, 2.75) is 12.6 Å². The Morgan fingerprint density at radius 2 is 2.06 bits per heavy atom. The summed E-state index contributed by atoms with van der Waals surface area (Å²) >= 11 is 0. The van der Waals surface area contributed by atoms with Crippen LogP contribution in [0.25, 0.3) is 0 Å². The maximum atomic E-state index is 12.6. The van der Waals surface area contributed by atoms with Gasteiger partial charge >= 0.3 is 6.18 Å². The maximum absolute atomic E-state index is 12.6. The molecule has 1 aromatic carbocycles. The fourth-order valence-corrected chi connectivity index (χ4v) is 1.34. The van der Waals surface area contributed by atoms with E-state index in [0.717, 1.165) is 18.2 Å². The number of alkyl halides is 3. The van der Waals surface area contributed by atoms with E-state index in [9.17, 15) is 13.2 Å². The smallest absolute Gasteiger partial charge is 0.417 e. The molecule has 1 rings (SSSR count). The van der Waals surface area contributed by atoms with Gasteiger partial charge in [0.15, 0.2) is 0 Å². The molecule has 0 fully saturated rings. The second-order valence-electron chi connectivity index (χ2n) is 3.54. The Hall–Kier alpha value is -1.76. The molecule has 4 N–H and O–H groups in total. The molecule has 0 aromatic heterocycles. The van der Waals surface area contributed by atoms with Gasteiger partial charge in [0.2, 0.25) is 0 Å². The van der Waals surface area contributed by atoms with Crippen LogP contribution in [0, 0.1) is 5.41 Å². The quantitative estimate of drug-likeness (QED) is 0.429. The number of ether oxygens (including phenoxy) is 1. The summed E-state index contributed by atoms with van der Waals surface area (Å²) in [5.74, 6) is -0.489. The second kappa shape index (κ2) is 5.72. The van der Waals surface area contributed by atoms with Gasteiger partial charge in [0.1, 0.15) is 11.6 Å². The lowest BCUT2D eigenvalue weighted by Crippen LogP contribution is -2.19. The normalized spacial score (nSPS) is 11.3. The third kappa shape index (κ3) is 3.63. The summed E-state index contributed by atoms with van der Waals surface area (Å²) in [6.07, 6.45) is -4.19. The fraction of sp³-hybridized carbons (Fsp3) is 0.364. The molecule has 100 valence electrons. The number of aliphatic hydroxyl groups excluding tert-OH is 1. The highest BCUT2D eigenvalue weighted by molar-refractivity contribution is 5.97. The first kappa shape index (κ1) is 14.3. The van der Waals surface area contributed by atoms with Crippen LogP contribution in [0.1, 0.15) is 17.5 Å². The van der Waals surface area contributed by atoms with Crippen LogP contribution >= 0.6 is 0 Å². The van der Waals surface area contributed by atoms with Crippen molar-refractivity contribution < 1.29 is 23.0 Å². The van der Waals surface area contributed by atoms with E-state index in [4.69, 9.17) is 21.0 Å². The van der Waals surface area contributed by atoms with Gasteiger partial charge in [-0.15, -0.1) is 0 Å². The van der Waals surface area contributed by atoms with Crippen LogP contribution in [-0.2, 0) is 6.18 Å². The van der Waals surface area contributed by atoms with Crippen molar-refractivity contribution in [1.82, 2.24) is 0 Å². The third-order valence-corrected chi connectivity index (χ3v) is 2.16. The average Bonchev–Trinajstić information content (AvgIpc) is 2.27. The molecular weight excluding hydrogens is 249 g/mol. The van der Waals surface area contributed by atoms with Crippen molar-refractivity contribution in [1.29, 1.82) is 5.41 Å². The summed E-state index contributed by atoms with van der Waals surface area (Å²) in [6, 6.07) is 3.06. The molecule has 0 saturated heterocycles. The second-order valence-corrected chi connectivity index (χ2v) is 3.54. The molecular formula is C11H13F3N2O2. The monoisotopic (exact) mass is 262 g/mol. The Bertz CT molecular complexity index is 433. The highest BCUT2D eigenvalue weighted by Gasteiger charge is 2.34. The number of rotatable bonds is 5. The van der Waals surface area contributed by atoms with Crippen molar-refractivity contribution >= 4 is 5.84 Å². The van der Waals surface area contributed by atoms with Crippen molar-refractivity contribution in [3.05, 3.63) is 29.3 Å². The van der Waals surface area contributed by atoms with E-state index in [0.29, 0.717) is 6.42 Å². The molecule has 0 bridgehead atoms. The van der Waals surface area contributed by atoms with Gasteiger partial charge < -0.3 is 15.6 Å². The number of halogens is 3. The lowest BCUT2D eigenvalue weighted by molar-refractivity contribution is -0.137. The molecule has 7 heteroatoms. The van der Waals surface area contributed by atoms with Gasteiger partial charge in [-0.1, -0.05) is 0 Å². The van der Waals surface area contributed by atoms with E-state index in [-0.39, 0.29) is 19.0 Å². The van der Waals surface area contributed by atoms with Crippen LogP contribution < -0.4 is 10.5 Å². The van der Waals surface area contributed by atoms with E-state index < -0.39 is 23.1 Å². The molecule has 0 atom stereocenters. The van der Waals surface area contributed by atoms with Gasteiger partial charge in [0.05, 0.1) is 12.2 Å². The minimum atomic E-state index is -4.56. The molecule has 0 aliphatic rings. The molecule has 0 heterocycles. The number of nitrogen functional groups attached to an aromatic ring is 1. The maximum Gasteiger partial charge on any atom is 0.417 e. The van der Waals surface area contributed by atoms with Gasteiger partial charge in [0.25, 0.3) is 0 Å². The molecule has 0 aliphatic heterocycles. The Morgan fingerprint density at radius 3 is 2.56 bits per heavy atom.